The number of nitro groups is 1. The molecule has 2 rings (SSSR count). The Morgan fingerprint density at radius 3 is 2.62 bits per heavy atom. The Balaban J connectivity index is 2.48. The second-order valence-corrected chi connectivity index (χ2v) is 5.12. The molecule has 0 fully saturated rings. The molecule has 0 heterocycles. The molecule has 0 aromatic heterocycles. The van der Waals surface area contributed by atoms with Gasteiger partial charge in [-0.15, -0.1) is 0 Å². The average Bonchev–Trinajstić information content (AvgIpc) is 2.40. The summed E-state index contributed by atoms with van der Waals surface area (Å²) < 4.78 is 6.16. The van der Waals surface area contributed by atoms with E-state index in [0.29, 0.717) is 10.0 Å². The SMILES string of the molecule is Cc1c(Oc2cc(Br)ccc2[N+](=O)[O-])cccc1C(=O)O. The smallest absolute Gasteiger partial charge is 0.336 e. The van der Waals surface area contributed by atoms with Crippen LogP contribution in [-0.2, 0) is 0 Å². The van der Waals surface area contributed by atoms with Crippen molar-refractivity contribution in [3.8, 4) is 11.5 Å². The summed E-state index contributed by atoms with van der Waals surface area (Å²) in [6.45, 7) is 1.59. The first-order valence-electron chi connectivity index (χ1n) is 5.85. The van der Waals surface area contributed by atoms with E-state index in [4.69, 9.17) is 9.84 Å². The van der Waals surface area contributed by atoms with Crippen molar-refractivity contribution in [2.24, 2.45) is 0 Å². The van der Waals surface area contributed by atoms with E-state index in [1.54, 1.807) is 13.0 Å². The number of carbonyl (C=O) groups is 1. The van der Waals surface area contributed by atoms with E-state index in [0.717, 1.165) is 0 Å². The van der Waals surface area contributed by atoms with Gasteiger partial charge >= 0.3 is 11.7 Å². The summed E-state index contributed by atoms with van der Waals surface area (Å²) in [6.07, 6.45) is 0. The van der Waals surface area contributed by atoms with E-state index < -0.39 is 10.9 Å². The minimum Gasteiger partial charge on any atom is -0.478 e. The Morgan fingerprint density at radius 2 is 2.00 bits per heavy atom. The zero-order valence-electron chi connectivity index (χ0n) is 10.9. The summed E-state index contributed by atoms with van der Waals surface area (Å²) in [5, 5.41) is 20.1. The summed E-state index contributed by atoms with van der Waals surface area (Å²) in [6, 6.07) is 8.84. The molecule has 0 aliphatic carbocycles. The number of halogens is 1. The summed E-state index contributed by atoms with van der Waals surface area (Å²) in [4.78, 5) is 21.5. The van der Waals surface area contributed by atoms with Crippen LogP contribution in [0.4, 0.5) is 5.69 Å². The van der Waals surface area contributed by atoms with Crippen LogP contribution in [0.25, 0.3) is 0 Å². The normalized spacial score (nSPS) is 10.2. The molecule has 0 saturated carbocycles. The van der Waals surface area contributed by atoms with E-state index in [9.17, 15) is 14.9 Å². The maximum atomic E-state index is 11.1. The van der Waals surface area contributed by atoms with Crippen LogP contribution in [0.3, 0.4) is 0 Å². The van der Waals surface area contributed by atoms with Gasteiger partial charge < -0.3 is 9.84 Å². The second-order valence-electron chi connectivity index (χ2n) is 4.21. The van der Waals surface area contributed by atoms with E-state index in [2.05, 4.69) is 15.9 Å². The standard InChI is InChI=1S/C14H10BrNO5/c1-8-10(14(17)18)3-2-4-12(8)21-13-7-9(15)5-6-11(13)16(19)20/h2-7H,1H3,(H,17,18). The van der Waals surface area contributed by atoms with Crippen LogP contribution in [0, 0.1) is 17.0 Å². The molecule has 6 nitrogen and oxygen atoms in total. The highest BCUT2D eigenvalue weighted by atomic mass is 79.9. The molecule has 0 saturated heterocycles. The number of benzene rings is 2. The molecule has 0 spiro atoms. The predicted octanol–water partition coefficient (Wildman–Crippen LogP) is 4.16. The van der Waals surface area contributed by atoms with Gasteiger partial charge in [-0.1, -0.05) is 22.0 Å². The lowest BCUT2D eigenvalue weighted by Crippen LogP contribution is -2.01. The molecule has 0 radical (unpaired) electrons. The quantitative estimate of drug-likeness (QED) is 0.659. The second kappa shape index (κ2) is 5.92. The third-order valence-corrected chi connectivity index (χ3v) is 3.35. The van der Waals surface area contributed by atoms with Gasteiger partial charge in [0.15, 0.2) is 0 Å². The monoisotopic (exact) mass is 351 g/mol. The Bertz CT molecular complexity index is 729. The molecular formula is C14H10BrNO5. The molecule has 2 aromatic rings. The van der Waals surface area contributed by atoms with Crippen molar-refractivity contribution in [1.82, 2.24) is 0 Å². The number of hydrogen-bond acceptors (Lipinski definition) is 4. The lowest BCUT2D eigenvalue weighted by Gasteiger charge is -2.11. The number of ether oxygens (including phenoxy) is 1. The highest BCUT2D eigenvalue weighted by Gasteiger charge is 2.18. The first-order chi connectivity index (χ1) is 9.90. The van der Waals surface area contributed by atoms with Crippen LogP contribution < -0.4 is 4.74 Å². The number of nitrogens with zero attached hydrogens (tertiary/aromatic N) is 1. The van der Waals surface area contributed by atoms with Gasteiger partial charge in [0, 0.05) is 22.2 Å². The third kappa shape index (κ3) is 3.19. The average molecular weight is 352 g/mol. The van der Waals surface area contributed by atoms with E-state index in [1.807, 2.05) is 0 Å². The molecule has 108 valence electrons. The fraction of sp³-hybridized carbons (Fsp3) is 0.0714. The first-order valence-corrected chi connectivity index (χ1v) is 6.64. The summed E-state index contributed by atoms with van der Waals surface area (Å²) >= 11 is 3.22. The summed E-state index contributed by atoms with van der Waals surface area (Å²) in [5.41, 5.74) is 0.294. The van der Waals surface area contributed by atoms with Crippen molar-refractivity contribution in [2.45, 2.75) is 6.92 Å². The lowest BCUT2D eigenvalue weighted by atomic mass is 10.1. The largest absolute Gasteiger partial charge is 0.478 e. The van der Waals surface area contributed by atoms with Gasteiger partial charge in [0.1, 0.15) is 5.75 Å². The molecule has 0 aliphatic rings. The fourth-order valence-electron chi connectivity index (χ4n) is 1.80. The van der Waals surface area contributed by atoms with Crippen LogP contribution in [-0.4, -0.2) is 16.0 Å². The van der Waals surface area contributed by atoms with Gasteiger partial charge in [-0.3, -0.25) is 10.1 Å². The number of aromatic carboxylic acids is 1. The van der Waals surface area contributed by atoms with Crippen molar-refractivity contribution in [1.29, 1.82) is 0 Å². The number of nitro benzene ring substituents is 1. The number of carboxylic acid groups (broad SMARTS) is 1. The number of rotatable bonds is 4. The minimum absolute atomic E-state index is 0.0417. The maximum Gasteiger partial charge on any atom is 0.336 e. The Morgan fingerprint density at radius 1 is 1.29 bits per heavy atom. The molecule has 2 aromatic carbocycles. The van der Waals surface area contributed by atoms with Gasteiger partial charge in [0.25, 0.3) is 0 Å². The highest BCUT2D eigenvalue weighted by molar-refractivity contribution is 9.10. The van der Waals surface area contributed by atoms with Crippen molar-refractivity contribution < 1.29 is 19.6 Å². The van der Waals surface area contributed by atoms with Gasteiger partial charge in [-0.25, -0.2) is 4.79 Å². The van der Waals surface area contributed by atoms with Crippen molar-refractivity contribution in [3.05, 3.63) is 62.1 Å². The molecule has 0 amide bonds. The first kappa shape index (κ1) is 15.0. The maximum absolute atomic E-state index is 11.1. The van der Waals surface area contributed by atoms with Gasteiger partial charge in [-0.2, -0.15) is 0 Å². The predicted molar refractivity (Wildman–Crippen MR) is 79.0 cm³/mol. The third-order valence-electron chi connectivity index (χ3n) is 2.85. The molecule has 0 aliphatic heterocycles. The molecule has 21 heavy (non-hydrogen) atoms. The van der Waals surface area contributed by atoms with Gasteiger partial charge in [0.2, 0.25) is 5.75 Å². The van der Waals surface area contributed by atoms with Crippen LogP contribution >= 0.6 is 15.9 Å². The molecule has 7 heteroatoms. The summed E-state index contributed by atoms with van der Waals surface area (Å²) in [5.74, 6) is -0.780. The van der Waals surface area contributed by atoms with Crippen LogP contribution in [0.1, 0.15) is 15.9 Å². The van der Waals surface area contributed by atoms with E-state index in [1.165, 1.54) is 30.3 Å². The molecule has 0 bridgehead atoms. The zero-order valence-corrected chi connectivity index (χ0v) is 12.5. The molecule has 0 unspecified atom stereocenters. The van der Waals surface area contributed by atoms with E-state index >= 15 is 0 Å². The summed E-state index contributed by atoms with van der Waals surface area (Å²) in [7, 11) is 0. The van der Waals surface area contributed by atoms with Gasteiger partial charge in [-0.05, 0) is 25.1 Å². The van der Waals surface area contributed by atoms with Crippen molar-refractivity contribution in [2.75, 3.05) is 0 Å². The minimum atomic E-state index is -1.08. The number of carboxylic acids is 1. The number of hydrogen-bond donors (Lipinski definition) is 1. The molecular weight excluding hydrogens is 342 g/mol. The van der Waals surface area contributed by atoms with Crippen LogP contribution in [0.2, 0.25) is 0 Å². The van der Waals surface area contributed by atoms with Crippen molar-refractivity contribution >= 4 is 27.6 Å². The Hall–Kier alpha value is -2.41. The van der Waals surface area contributed by atoms with Crippen LogP contribution in [0.15, 0.2) is 40.9 Å². The van der Waals surface area contributed by atoms with Crippen molar-refractivity contribution in [3.63, 3.8) is 0 Å². The zero-order chi connectivity index (χ0) is 15.6. The Labute approximate surface area is 128 Å². The Kier molecular flexibility index (Phi) is 4.23. The topological polar surface area (TPSA) is 89.7 Å². The highest BCUT2D eigenvalue weighted by Crippen LogP contribution is 2.35. The lowest BCUT2D eigenvalue weighted by molar-refractivity contribution is -0.385. The molecule has 1 N–H and O–H groups in total. The van der Waals surface area contributed by atoms with Crippen LogP contribution in [0.5, 0.6) is 11.5 Å². The molecule has 0 atom stereocenters. The van der Waals surface area contributed by atoms with E-state index in [-0.39, 0.29) is 22.7 Å². The van der Waals surface area contributed by atoms with Gasteiger partial charge in [0.05, 0.1) is 10.5 Å². The fourth-order valence-corrected chi connectivity index (χ4v) is 2.14.